The van der Waals surface area contributed by atoms with Gasteiger partial charge in [0, 0.05) is 24.3 Å². The highest BCUT2D eigenvalue weighted by molar-refractivity contribution is 6.09. The first-order valence-corrected chi connectivity index (χ1v) is 9.41. The number of hydrogen-bond donors (Lipinski definition) is 2. The molecule has 0 spiro atoms. The molecule has 0 aromatic heterocycles. The number of carbonyl (C=O) groups excluding carboxylic acids is 2. The highest BCUT2D eigenvalue weighted by Crippen LogP contribution is 2.27. The van der Waals surface area contributed by atoms with Crippen molar-refractivity contribution in [3.8, 4) is 0 Å². The minimum Gasteiger partial charge on any atom is -0.353 e. The smallest absolute Gasteiger partial charge is 0.239 e. The third kappa shape index (κ3) is 4.57. The van der Waals surface area contributed by atoms with Crippen molar-refractivity contribution in [1.82, 2.24) is 10.6 Å². The maximum atomic E-state index is 12.7. The standard InChI is InChI=1S/C20H29N3O2.ClH/c1-13(2)15-4-6-17(7-5-15)23-11-9-18(20(23)25)19(24)22-16-8-10-21-14(3)12-16;/h4-7,13-14,16,18,21H,8-12H2,1-3H3,(H,22,24);1H. The summed E-state index contributed by atoms with van der Waals surface area (Å²) in [5.41, 5.74) is 2.14. The summed E-state index contributed by atoms with van der Waals surface area (Å²) in [6.45, 7) is 7.96. The molecule has 0 aliphatic carbocycles. The minimum absolute atomic E-state index is 0. The molecule has 2 N–H and O–H groups in total. The minimum atomic E-state index is -0.546. The summed E-state index contributed by atoms with van der Waals surface area (Å²) in [5, 5.41) is 6.47. The second-order valence-electron chi connectivity index (χ2n) is 7.66. The second-order valence-corrected chi connectivity index (χ2v) is 7.66. The van der Waals surface area contributed by atoms with Gasteiger partial charge < -0.3 is 15.5 Å². The predicted molar refractivity (Wildman–Crippen MR) is 107 cm³/mol. The van der Waals surface area contributed by atoms with E-state index in [0.29, 0.717) is 24.9 Å². The van der Waals surface area contributed by atoms with Crippen LogP contribution in [0.4, 0.5) is 5.69 Å². The first-order chi connectivity index (χ1) is 12.0. The van der Waals surface area contributed by atoms with Crippen LogP contribution in [0.3, 0.4) is 0 Å². The van der Waals surface area contributed by atoms with E-state index in [-0.39, 0.29) is 30.3 Å². The number of benzene rings is 1. The van der Waals surface area contributed by atoms with Gasteiger partial charge in [-0.05, 0) is 56.3 Å². The lowest BCUT2D eigenvalue weighted by atomic mass is 9.99. The van der Waals surface area contributed by atoms with Crippen LogP contribution in [0.5, 0.6) is 0 Å². The fourth-order valence-electron chi connectivity index (χ4n) is 3.78. The van der Waals surface area contributed by atoms with Gasteiger partial charge in [0.05, 0.1) is 0 Å². The zero-order valence-electron chi connectivity index (χ0n) is 15.8. The fourth-order valence-corrected chi connectivity index (χ4v) is 3.78. The molecule has 26 heavy (non-hydrogen) atoms. The molecule has 1 aromatic carbocycles. The first-order valence-electron chi connectivity index (χ1n) is 9.41. The lowest BCUT2D eigenvalue weighted by Crippen LogP contribution is -2.49. The van der Waals surface area contributed by atoms with Crippen molar-refractivity contribution >= 4 is 29.9 Å². The molecule has 0 radical (unpaired) electrons. The molecule has 0 saturated carbocycles. The monoisotopic (exact) mass is 379 g/mol. The van der Waals surface area contributed by atoms with Gasteiger partial charge in [0.1, 0.15) is 5.92 Å². The van der Waals surface area contributed by atoms with E-state index in [9.17, 15) is 9.59 Å². The van der Waals surface area contributed by atoms with Gasteiger partial charge in [-0.15, -0.1) is 12.4 Å². The highest BCUT2D eigenvalue weighted by Gasteiger charge is 2.38. The van der Waals surface area contributed by atoms with E-state index < -0.39 is 5.92 Å². The van der Waals surface area contributed by atoms with Gasteiger partial charge in [0.15, 0.2) is 0 Å². The molecule has 6 heteroatoms. The Morgan fingerprint density at radius 3 is 2.54 bits per heavy atom. The Morgan fingerprint density at radius 2 is 1.92 bits per heavy atom. The summed E-state index contributed by atoms with van der Waals surface area (Å²) in [5.74, 6) is -0.258. The average molecular weight is 380 g/mol. The maximum absolute atomic E-state index is 12.7. The molecule has 2 amide bonds. The van der Waals surface area contributed by atoms with Crippen LogP contribution in [0.25, 0.3) is 0 Å². The SMILES string of the molecule is CC1CC(NC(=O)C2CCN(c3ccc(C(C)C)cc3)C2=O)CCN1.Cl. The van der Waals surface area contributed by atoms with E-state index in [1.807, 2.05) is 12.1 Å². The maximum Gasteiger partial charge on any atom is 0.239 e. The highest BCUT2D eigenvalue weighted by atomic mass is 35.5. The summed E-state index contributed by atoms with van der Waals surface area (Å²) in [4.78, 5) is 27.0. The number of amides is 2. The van der Waals surface area contributed by atoms with Crippen molar-refractivity contribution in [2.24, 2.45) is 5.92 Å². The van der Waals surface area contributed by atoms with Gasteiger partial charge in [0.2, 0.25) is 11.8 Å². The lowest BCUT2D eigenvalue weighted by Gasteiger charge is -2.29. The molecule has 2 aliphatic heterocycles. The normalized spacial score (nSPS) is 25.9. The zero-order chi connectivity index (χ0) is 18.0. The molecule has 2 saturated heterocycles. The van der Waals surface area contributed by atoms with Crippen LogP contribution in [0, 0.1) is 5.92 Å². The Morgan fingerprint density at radius 1 is 1.23 bits per heavy atom. The Bertz CT molecular complexity index is 632. The number of nitrogens with zero attached hydrogens (tertiary/aromatic N) is 1. The van der Waals surface area contributed by atoms with Crippen molar-refractivity contribution < 1.29 is 9.59 Å². The predicted octanol–water partition coefficient (Wildman–Crippen LogP) is 2.84. The fraction of sp³-hybridized carbons (Fsp3) is 0.600. The zero-order valence-corrected chi connectivity index (χ0v) is 16.6. The van der Waals surface area contributed by atoms with Gasteiger partial charge in [-0.1, -0.05) is 26.0 Å². The Balaban J connectivity index is 0.00000243. The van der Waals surface area contributed by atoms with Crippen molar-refractivity contribution in [2.45, 2.75) is 58.0 Å². The van der Waals surface area contributed by atoms with Crippen molar-refractivity contribution in [2.75, 3.05) is 18.0 Å². The van der Waals surface area contributed by atoms with Crippen molar-refractivity contribution in [3.05, 3.63) is 29.8 Å². The van der Waals surface area contributed by atoms with E-state index in [1.54, 1.807) is 4.90 Å². The largest absolute Gasteiger partial charge is 0.353 e. The molecule has 2 heterocycles. The lowest BCUT2D eigenvalue weighted by molar-refractivity contribution is -0.132. The van der Waals surface area contributed by atoms with Crippen LogP contribution in [-0.2, 0) is 9.59 Å². The van der Waals surface area contributed by atoms with Gasteiger partial charge in [-0.3, -0.25) is 9.59 Å². The van der Waals surface area contributed by atoms with E-state index in [2.05, 4.69) is 43.5 Å². The van der Waals surface area contributed by atoms with Gasteiger partial charge in [-0.2, -0.15) is 0 Å². The third-order valence-electron chi connectivity index (χ3n) is 5.36. The van der Waals surface area contributed by atoms with E-state index >= 15 is 0 Å². The number of anilines is 1. The van der Waals surface area contributed by atoms with Gasteiger partial charge >= 0.3 is 0 Å². The summed E-state index contributed by atoms with van der Waals surface area (Å²) >= 11 is 0. The summed E-state index contributed by atoms with van der Waals surface area (Å²) < 4.78 is 0. The number of hydrogen-bond acceptors (Lipinski definition) is 3. The molecule has 3 unspecified atom stereocenters. The van der Waals surface area contributed by atoms with Crippen LogP contribution in [-0.4, -0.2) is 37.0 Å². The molecule has 5 nitrogen and oxygen atoms in total. The van der Waals surface area contributed by atoms with Crippen LogP contribution < -0.4 is 15.5 Å². The number of nitrogens with one attached hydrogen (secondary N) is 2. The number of carbonyl (C=O) groups is 2. The topological polar surface area (TPSA) is 61.4 Å². The van der Waals surface area contributed by atoms with Crippen LogP contribution >= 0.6 is 12.4 Å². The molecule has 3 rings (SSSR count). The molecule has 2 fully saturated rings. The second kappa shape index (κ2) is 8.87. The Kier molecular flexibility index (Phi) is 7.07. The molecule has 0 bridgehead atoms. The number of piperidine rings is 1. The van der Waals surface area contributed by atoms with Crippen LogP contribution in [0.15, 0.2) is 24.3 Å². The Hall–Kier alpha value is -1.59. The first kappa shape index (κ1) is 20.7. The average Bonchev–Trinajstić information content (AvgIpc) is 2.96. The summed E-state index contributed by atoms with van der Waals surface area (Å²) in [6, 6.07) is 8.70. The molecular formula is C20H30ClN3O2. The molecule has 144 valence electrons. The van der Waals surface area contributed by atoms with E-state index in [1.165, 1.54) is 5.56 Å². The molecule has 1 aromatic rings. The van der Waals surface area contributed by atoms with Crippen LogP contribution in [0.2, 0.25) is 0 Å². The molecular weight excluding hydrogens is 350 g/mol. The summed E-state index contributed by atoms with van der Waals surface area (Å²) in [7, 11) is 0. The molecule has 3 atom stereocenters. The quantitative estimate of drug-likeness (QED) is 0.791. The summed E-state index contributed by atoms with van der Waals surface area (Å²) in [6.07, 6.45) is 2.45. The Labute approximate surface area is 162 Å². The van der Waals surface area contributed by atoms with Crippen LogP contribution in [0.1, 0.15) is 51.5 Å². The van der Waals surface area contributed by atoms with Gasteiger partial charge in [0.25, 0.3) is 0 Å². The van der Waals surface area contributed by atoms with E-state index in [4.69, 9.17) is 0 Å². The van der Waals surface area contributed by atoms with Crippen molar-refractivity contribution in [1.29, 1.82) is 0 Å². The van der Waals surface area contributed by atoms with Crippen molar-refractivity contribution in [3.63, 3.8) is 0 Å². The third-order valence-corrected chi connectivity index (χ3v) is 5.36. The van der Waals surface area contributed by atoms with Gasteiger partial charge in [-0.25, -0.2) is 0 Å². The number of rotatable bonds is 4. The number of halogens is 1. The van der Waals surface area contributed by atoms with E-state index in [0.717, 1.165) is 25.1 Å². The molecule has 2 aliphatic rings.